The molecule has 2 aromatic rings. The number of hydrogen-bond donors (Lipinski definition) is 2. The van der Waals surface area contributed by atoms with Crippen molar-refractivity contribution in [2.75, 3.05) is 11.9 Å². The van der Waals surface area contributed by atoms with Crippen LogP contribution in [0.15, 0.2) is 27.1 Å². The number of halogens is 6. The average molecular weight is 535 g/mol. The summed E-state index contributed by atoms with van der Waals surface area (Å²) in [6.07, 6.45) is -3.94. The molecule has 0 aliphatic rings. The highest BCUT2D eigenvalue weighted by molar-refractivity contribution is 9.10. The van der Waals surface area contributed by atoms with Gasteiger partial charge in [0.15, 0.2) is 10.8 Å². The molecule has 0 spiro atoms. The molecule has 1 heterocycles. The molecule has 2 rings (SSSR count). The Morgan fingerprint density at radius 2 is 2.04 bits per heavy atom. The monoisotopic (exact) mass is 532 g/mol. The summed E-state index contributed by atoms with van der Waals surface area (Å²) in [7, 11) is 0. The summed E-state index contributed by atoms with van der Waals surface area (Å²) in [4.78, 5) is 0. The van der Waals surface area contributed by atoms with Crippen LogP contribution in [0.1, 0.15) is 17.8 Å². The molecular formula is C15H14Br2ClF3N4S. The van der Waals surface area contributed by atoms with Crippen molar-refractivity contribution in [3.63, 3.8) is 0 Å². The molecule has 1 aromatic heterocycles. The van der Waals surface area contributed by atoms with E-state index in [1.165, 1.54) is 4.68 Å². The molecule has 0 aliphatic heterocycles. The normalized spacial score (nSPS) is 11.5. The van der Waals surface area contributed by atoms with Gasteiger partial charge in [0.25, 0.3) is 0 Å². The first kappa shape index (κ1) is 21.5. The van der Waals surface area contributed by atoms with E-state index in [1.807, 2.05) is 6.07 Å². The number of nitrogens with zero attached hydrogens (tertiary/aromatic N) is 2. The lowest BCUT2D eigenvalue weighted by Crippen LogP contribution is -2.30. The van der Waals surface area contributed by atoms with Crippen LogP contribution >= 0.6 is 55.7 Å². The zero-order valence-electron chi connectivity index (χ0n) is 13.4. The standard InChI is InChI=1S/C15H14Br2ClF3N4S/c1-8-12(17)13(15(19,20)21)24-25(8)6-2-5-22-14(26)23-11-4-3-9(16)7-10(11)18/h3-4,7H,2,5-6H2,1H3,(H2,22,23,26). The van der Waals surface area contributed by atoms with E-state index in [1.54, 1.807) is 19.1 Å². The Hall–Kier alpha value is -0.840. The van der Waals surface area contributed by atoms with Crippen LogP contribution in [-0.4, -0.2) is 21.4 Å². The van der Waals surface area contributed by atoms with Crippen molar-refractivity contribution in [3.05, 3.63) is 43.6 Å². The predicted molar refractivity (Wildman–Crippen MR) is 108 cm³/mol. The molecule has 0 bridgehead atoms. The fraction of sp³-hybridized carbons (Fsp3) is 0.333. The van der Waals surface area contributed by atoms with Crippen molar-refractivity contribution in [3.8, 4) is 0 Å². The van der Waals surface area contributed by atoms with Gasteiger partial charge in [-0.15, -0.1) is 0 Å². The molecule has 0 saturated heterocycles. The minimum atomic E-state index is -4.48. The SMILES string of the molecule is Cc1c(Br)c(C(F)(F)F)nn1CCCNC(=S)Nc1ccc(Br)cc1Cl. The Morgan fingerprint density at radius 1 is 1.35 bits per heavy atom. The summed E-state index contributed by atoms with van der Waals surface area (Å²) in [6, 6.07) is 5.35. The molecule has 0 atom stereocenters. The van der Waals surface area contributed by atoms with Crippen LogP contribution in [0, 0.1) is 6.92 Å². The van der Waals surface area contributed by atoms with E-state index in [2.05, 4.69) is 47.6 Å². The minimum Gasteiger partial charge on any atom is -0.362 e. The van der Waals surface area contributed by atoms with Crippen molar-refractivity contribution in [2.24, 2.45) is 0 Å². The number of thiocarbonyl (C=S) groups is 1. The van der Waals surface area contributed by atoms with Crippen molar-refractivity contribution in [2.45, 2.75) is 26.1 Å². The van der Waals surface area contributed by atoms with E-state index in [4.69, 9.17) is 23.8 Å². The van der Waals surface area contributed by atoms with Crippen LogP contribution in [0.5, 0.6) is 0 Å². The zero-order valence-corrected chi connectivity index (χ0v) is 18.2. The molecule has 4 nitrogen and oxygen atoms in total. The van der Waals surface area contributed by atoms with Gasteiger partial charge in [-0.2, -0.15) is 18.3 Å². The Bertz CT molecular complexity index is 811. The molecule has 0 fully saturated rings. The van der Waals surface area contributed by atoms with Crippen LogP contribution in [0.2, 0.25) is 5.02 Å². The lowest BCUT2D eigenvalue weighted by molar-refractivity contribution is -0.142. The molecule has 0 amide bonds. The van der Waals surface area contributed by atoms with E-state index in [0.717, 1.165) is 4.47 Å². The molecule has 142 valence electrons. The first-order valence-electron chi connectivity index (χ1n) is 7.39. The maximum absolute atomic E-state index is 12.8. The van der Waals surface area contributed by atoms with Crippen LogP contribution in [0.3, 0.4) is 0 Å². The van der Waals surface area contributed by atoms with Crippen LogP contribution in [0.25, 0.3) is 0 Å². The van der Waals surface area contributed by atoms with Gasteiger partial charge in [-0.05, 0) is 59.7 Å². The van der Waals surface area contributed by atoms with Crippen LogP contribution in [-0.2, 0) is 12.7 Å². The van der Waals surface area contributed by atoms with Gasteiger partial charge in [-0.3, -0.25) is 4.68 Å². The molecule has 26 heavy (non-hydrogen) atoms. The van der Waals surface area contributed by atoms with E-state index in [9.17, 15) is 13.2 Å². The second kappa shape index (κ2) is 8.90. The number of rotatable bonds is 5. The summed E-state index contributed by atoms with van der Waals surface area (Å²) >= 11 is 17.6. The third-order valence-electron chi connectivity index (χ3n) is 3.41. The Balaban J connectivity index is 1.84. The summed E-state index contributed by atoms with van der Waals surface area (Å²) in [5.41, 5.74) is 0.179. The lowest BCUT2D eigenvalue weighted by Gasteiger charge is -2.12. The van der Waals surface area contributed by atoms with Gasteiger partial charge >= 0.3 is 6.18 Å². The molecule has 0 radical (unpaired) electrons. The molecule has 2 N–H and O–H groups in total. The Morgan fingerprint density at radius 3 is 2.62 bits per heavy atom. The topological polar surface area (TPSA) is 41.9 Å². The van der Waals surface area contributed by atoms with Crippen molar-refractivity contribution >= 4 is 66.5 Å². The summed E-state index contributed by atoms with van der Waals surface area (Å²) < 4.78 is 40.7. The highest BCUT2D eigenvalue weighted by atomic mass is 79.9. The van der Waals surface area contributed by atoms with Gasteiger partial charge in [0.05, 0.1) is 20.9 Å². The number of benzene rings is 1. The largest absolute Gasteiger partial charge is 0.436 e. The number of anilines is 1. The first-order chi connectivity index (χ1) is 12.1. The zero-order chi connectivity index (χ0) is 19.5. The molecule has 0 unspecified atom stereocenters. The van der Waals surface area contributed by atoms with Gasteiger partial charge in [0.1, 0.15) is 0 Å². The molecule has 11 heteroatoms. The number of nitrogens with one attached hydrogen (secondary N) is 2. The number of hydrogen-bond acceptors (Lipinski definition) is 2. The van der Waals surface area contributed by atoms with E-state index in [-0.39, 0.29) is 4.47 Å². The fourth-order valence-corrected chi connectivity index (χ4v) is 3.55. The Kier molecular flexibility index (Phi) is 7.35. The summed E-state index contributed by atoms with van der Waals surface area (Å²) in [5, 5.41) is 10.5. The lowest BCUT2D eigenvalue weighted by atomic mass is 10.3. The second-order valence-corrected chi connectivity index (χ2v) is 7.85. The Labute approximate surface area is 175 Å². The quantitative estimate of drug-likeness (QED) is 0.378. The molecule has 0 aliphatic carbocycles. The molecule has 1 aromatic carbocycles. The average Bonchev–Trinajstić information content (AvgIpc) is 2.82. The molecule has 0 saturated carbocycles. The van der Waals surface area contributed by atoms with Crippen molar-refractivity contribution in [1.82, 2.24) is 15.1 Å². The van der Waals surface area contributed by atoms with E-state index in [0.29, 0.717) is 41.0 Å². The summed E-state index contributed by atoms with van der Waals surface area (Å²) in [5.74, 6) is 0. The number of alkyl halides is 3. The van der Waals surface area contributed by atoms with Gasteiger partial charge in [0.2, 0.25) is 0 Å². The van der Waals surface area contributed by atoms with Crippen molar-refractivity contribution in [1.29, 1.82) is 0 Å². The fourth-order valence-electron chi connectivity index (χ4n) is 2.11. The van der Waals surface area contributed by atoms with Gasteiger partial charge in [-0.1, -0.05) is 27.5 Å². The highest BCUT2D eigenvalue weighted by Crippen LogP contribution is 2.35. The van der Waals surface area contributed by atoms with Gasteiger partial charge in [0, 0.05) is 17.6 Å². The van der Waals surface area contributed by atoms with Gasteiger partial charge in [-0.25, -0.2) is 0 Å². The number of aromatic nitrogens is 2. The van der Waals surface area contributed by atoms with E-state index < -0.39 is 11.9 Å². The molecular weight excluding hydrogens is 521 g/mol. The first-order valence-corrected chi connectivity index (χ1v) is 9.77. The van der Waals surface area contributed by atoms with E-state index >= 15 is 0 Å². The maximum Gasteiger partial charge on any atom is 0.436 e. The second-order valence-electron chi connectivity index (χ2n) is 5.33. The van der Waals surface area contributed by atoms with Crippen LogP contribution in [0.4, 0.5) is 18.9 Å². The third-order valence-corrected chi connectivity index (χ3v) is 5.42. The minimum absolute atomic E-state index is 0.0278. The predicted octanol–water partition coefficient (Wildman–Crippen LogP) is 5.77. The smallest absolute Gasteiger partial charge is 0.362 e. The third kappa shape index (κ3) is 5.58. The number of aryl methyl sites for hydroxylation is 1. The van der Waals surface area contributed by atoms with Crippen molar-refractivity contribution < 1.29 is 13.2 Å². The highest BCUT2D eigenvalue weighted by Gasteiger charge is 2.37. The summed E-state index contributed by atoms with van der Waals surface area (Å²) in [6.45, 7) is 2.38. The van der Waals surface area contributed by atoms with Gasteiger partial charge < -0.3 is 10.6 Å². The maximum atomic E-state index is 12.8. The van der Waals surface area contributed by atoms with Crippen LogP contribution < -0.4 is 10.6 Å².